The van der Waals surface area contributed by atoms with Crippen LogP contribution in [0.2, 0.25) is 0 Å². The van der Waals surface area contributed by atoms with Gasteiger partial charge in [0.2, 0.25) is 0 Å². The zero-order valence-corrected chi connectivity index (χ0v) is 18.8. The van der Waals surface area contributed by atoms with Crippen LogP contribution in [0.4, 0.5) is 5.69 Å². The van der Waals surface area contributed by atoms with Gasteiger partial charge < -0.3 is 20.1 Å². The summed E-state index contributed by atoms with van der Waals surface area (Å²) in [7, 11) is 0. The molecule has 2 aromatic carbocycles. The number of anilines is 1. The molecule has 9 heteroatoms. The van der Waals surface area contributed by atoms with Gasteiger partial charge in [-0.15, -0.1) is 0 Å². The van der Waals surface area contributed by atoms with Crippen molar-refractivity contribution in [2.75, 3.05) is 25.1 Å². The summed E-state index contributed by atoms with van der Waals surface area (Å²) in [6.07, 6.45) is 1.47. The highest BCUT2D eigenvalue weighted by Crippen LogP contribution is 2.19. The first-order valence-corrected chi connectivity index (χ1v) is 10.6. The van der Waals surface area contributed by atoms with E-state index in [1.165, 1.54) is 6.20 Å². The molecule has 0 atom stereocenters. The molecule has 33 heavy (non-hydrogen) atoms. The van der Waals surface area contributed by atoms with Crippen LogP contribution in [0, 0.1) is 6.92 Å². The van der Waals surface area contributed by atoms with Crippen molar-refractivity contribution in [2.24, 2.45) is 0 Å². The Morgan fingerprint density at radius 3 is 2.52 bits per heavy atom. The number of likely N-dealkylation sites (N-methyl/N-ethyl adjacent to an activating group) is 1. The average Bonchev–Trinajstić information content (AvgIpc) is 3.20. The molecule has 3 rings (SSSR count). The molecule has 0 aliphatic carbocycles. The van der Waals surface area contributed by atoms with Gasteiger partial charge in [-0.2, -0.15) is 5.10 Å². The molecule has 0 saturated carbocycles. The van der Waals surface area contributed by atoms with Gasteiger partial charge in [0.15, 0.2) is 6.61 Å². The molecule has 2 N–H and O–H groups in total. The van der Waals surface area contributed by atoms with Crippen molar-refractivity contribution in [1.29, 1.82) is 0 Å². The quantitative estimate of drug-likeness (QED) is 0.485. The molecule has 0 bridgehead atoms. The van der Waals surface area contributed by atoms with E-state index in [1.807, 2.05) is 6.92 Å². The number of nitrogens with one attached hydrogen (secondary N) is 2. The maximum absolute atomic E-state index is 12.7. The molecule has 0 fully saturated rings. The lowest BCUT2D eigenvalue weighted by Crippen LogP contribution is -2.28. The summed E-state index contributed by atoms with van der Waals surface area (Å²) >= 11 is 0. The van der Waals surface area contributed by atoms with Crippen LogP contribution in [0.1, 0.15) is 40.3 Å². The lowest BCUT2D eigenvalue weighted by molar-refractivity contribution is -0.122. The summed E-state index contributed by atoms with van der Waals surface area (Å²) in [5.74, 6) is -0.462. The first-order chi connectivity index (χ1) is 15.9. The van der Waals surface area contributed by atoms with E-state index in [-0.39, 0.29) is 25.0 Å². The predicted octanol–water partition coefficient (Wildman–Crippen LogP) is 3.12. The minimum absolute atomic E-state index is 0.0998. The first kappa shape index (κ1) is 23.5. The van der Waals surface area contributed by atoms with Crippen LogP contribution in [0.25, 0.3) is 5.69 Å². The highest BCUT2D eigenvalue weighted by Gasteiger charge is 2.16. The molecule has 2 amide bonds. The van der Waals surface area contributed by atoms with Gasteiger partial charge in [-0.05, 0) is 57.2 Å². The van der Waals surface area contributed by atoms with Gasteiger partial charge in [0.25, 0.3) is 11.8 Å². The van der Waals surface area contributed by atoms with E-state index < -0.39 is 5.97 Å². The fraction of sp³-hybridized carbons (Fsp3) is 0.250. The van der Waals surface area contributed by atoms with Crippen LogP contribution in [0.15, 0.2) is 54.7 Å². The zero-order chi connectivity index (χ0) is 23.8. The van der Waals surface area contributed by atoms with E-state index in [0.29, 0.717) is 40.5 Å². The van der Waals surface area contributed by atoms with Crippen LogP contribution < -0.4 is 15.4 Å². The molecule has 1 heterocycles. The number of aromatic nitrogens is 2. The Hall–Kier alpha value is -4.14. The fourth-order valence-corrected chi connectivity index (χ4v) is 3.10. The van der Waals surface area contributed by atoms with Gasteiger partial charge >= 0.3 is 5.97 Å². The van der Waals surface area contributed by atoms with Crippen LogP contribution in [0.5, 0.6) is 5.75 Å². The molecular formula is C24H26N4O5. The van der Waals surface area contributed by atoms with E-state index in [0.717, 1.165) is 0 Å². The van der Waals surface area contributed by atoms with Gasteiger partial charge in [-0.3, -0.25) is 9.59 Å². The van der Waals surface area contributed by atoms with Gasteiger partial charge in [-0.1, -0.05) is 6.07 Å². The summed E-state index contributed by atoms with van der Waals surface area (Å²) in [6.45, 7) is 6.08. The van der Waals surface area contributed by atoms with E-state index in [4.69, 9.17) is 9.47 Å². The normalized spacial score (nSPS) is 10.4. The Labute approximate surface area is 191 Å². The molecule has 9 nitrogen and oxygen atoms in total. The van der Waals surface area contributed by atoms with Crippen LogP contribution >= 0.6 is 0 Å². The van der Waals surface area contributed by atoms with Crippen molar-refractivity contribution in [3.05, 3.63) is 71.5 Å². The number of carbonyl (C=O) groups excluding carboxylic acids is 3. The number of esters is 1. The molecule has 0 radical (unpaired) electrons. The van der Waals surface area contributed by atoms with Crippen molar-refractivity contribution in [2.45, 2.75) is 20.8 Å². The minimum atomic E-state index is -0.422. The topological polar surface area (TPSA) is 112 Å². The number of hydrogen-bond donors (Lipinski definition) is 2. The molecule has 0 unspecified atom stereocenters. The van der Waals surface area contributed by atoms with E-state index >= 15 is 0 Å². The number of hydrogen-bond acceptors (Lipinski definition) is 6. The summed E-state index contributed by atoms with van der Waals surface area (Å²) in [5.41, 5.74) is 2.74. The molecule has 172 valence electrons. The third-order valence-corrected chi connectivity index (χ3v) is 4.71. The SMILES string of the molecule is CCNC(=O)COc1cccc(NC(=O)c2ccc(-n3ncc(C(=O)OCC)c3C)cc2)c1. The third kappa shape index (κ3) is 5.97. The van der Waals surface area contributed by atoms with Gasteiger partial charge in [0.05, 0.1) is 24.2 Å². The monoisotopic (exact) mass is 450 g/mol. The van der Waals surface area contributed by atoms with Gasteiger partial charge in [0, 0.05) is 23.9 Å². The predicted molar refractivity (Wildman–Crippen MR) is 123 cm³/mol. The van der Waals surface area contributed by atoms with E-state index in [1.54, 1.807) is 67.1 Å². The fourth-order valence-electron chi connectivity index (χ4n) is 3.10. The second-order valence-electron chi connectivity index (χ2n) is 7.05. The molecular weight excluding hydrogens is 424 g/mol. The smallest absolute Gasteiger partial charge is 0.341 e. The molecule has 3 aromatic rings. The molecule has 0 aliphatic rings. The van der Waals surface area contributed by atoms with Crippen molar-refractivity contribution >= 4 is 23.5 Å². The van der Waals surface area contributed by atoms with Crippen LogP contribution in [0.3, 0.4) is 0 Å². The molecule has 0 saturated heterocycles. The van der Waals surface area contributed by atoms with Crippen LogP contribution in [-0.2, 0) is 9.53 Å². The highest BCUT2D eigenvalue weighted by atomic mass is 16.5. The number of ether oxygens (including phenoxy) is 2. The van der Waals surface area contributed by atoms with E-state index in [2.05, 4.69) is 15.7 Å². The Morgan fingerprint density at radius 1 is 1.06 bits per heavy atom. The molecule has 1 aromatic heterocycles. The Bertz CT molecular complexity index is 1140. The van der Waals surface area contributed by atoms with Crippen molar-refractivity contribution in [3.63, 3.8) is 0 Å². The van der Waals surface area contributed by atoms with E-state index in [9.17, 15) is 14.4 Å². The Kier molecular flexibility index (Phi) is 7.80. The van der Waals surface area contributed by atoms with Gasteiger partial charge in [-0.25, -0.2) is 9.48 Å². The number of nitrogens with zero attached hydrogens (tertiary/aromatic N) is 2. The van der Waals surface area contributed by atoms with Crippen molar-refractivity contribution in [1.82, 2.24) is 15.1 Å². The number of carbonyl (C=O) groups is 3. The van der Waals surface area contributed by atoms with Crippen molar-refractivity contribution in [3.8, 4) is 11.4 Å². The second-order valence-corrected chi connectivity index (χ2v) is 7.05. The zero-order valence-electron chi connectivity index (χ0n) is 18.8. The third-order valence-electron chi connectivity index (χ3n) is 4.71. The summed E-state index contributed by atoms with van der Waals surface area (Å²) in [6, 6.07) is 13.7. The Balaban J connectivity index is 1.66. The number of rotatable bonds is 9. The van der Waals surface area contributed by atoms with Gasteiger partial charge in [0.1, 0.15) is 11.3 Å². The second kappa shape index (κ2) is 10.9. The average molecular weight is 450 g/mol. The summed E-state index contributed by atoms with van der Waals surface area (Å²) in [5, 5.41) is 9.72. The summed E-state index contributed by atoms with van der Waals surface area (Å²) in [4.78, 5) is 36.2. The largest absolute Gasteiger partial charge is 0.484 e. The Morgan fingerprint density at radius 2 is 1.82 bits per heavy atom. The lowest BCUT2D eigenvalue weighted by Gasteiger charge is -2.10. The standard InChI is InChI=1S/C24H26N4O5/c1-4-25-22(29)15-33-20-8-6-7-18(13-20)27-23(30)17-9-11-19(12-10-17)28-16(3)21(14-26-28)24(31)32-5-2/h6-14H,4-5,15H2,1-3H3,(H,25,29)(H,27,30). The maximum Gasteiger partial charge on any atom is 0.341 e. The maximum atomic E-state index is 12.7. The molecule has 0 spiro atoms. The lowest BCUT2D eigenvalue weighted by atomic mass is 10.2. The molecule has 0 aliphatic heterocycles. The number of amides is 2. The summed E-state index contributed by atoms with van der Waals surface area (Å²) < 4.78 is 12.1. The number of benzene rings is 2. The highest BCUT2D eigenvalue weighted by molar-refractivity contribution is 6.04. The van der Waals surface area contributed by atoms with Crippen LogP contribution in [-0.4, -0.2) is 47.3 Å². The van der Waals surface area contributed by atoms with Crippen molar-refractivity contribution < 1.29 is 23.9 Å². The minimum Gasteiger partial charge on any atom is -0.484 e. The first-order valence-electron chi connectivity index (χ1n) is 10.6.